The zero-order valence-electron chi connectivity index (χ0n) is 15.6. The molecule has 0 unspecified atom stereocenters. The highest BCUT2D eigenvalue weighted by molar-refractivity contribution is 7.98. The first-order chi connectivity index (χ1) is 14.2. The van der Waals surface area contributed by atoms with Gasteiger partial charge < -0.3 is 10.3 Å². The van der Waals surface area contributed by atoms with Gasteiger partial charge in [-0.2, -0.15) is 0 Å². The van der Waals surface area contributed by atoms with E-state index in [1.165, 1.54) is 17.3 Å². The molecule has 5 nitrogen and oxygen atoms in total. The number of thiophene rings is 1. The second-order valence-corrected chi connectivity index (χ2v) is 9.11. The highest BCUT2D eigenvalue weighted by atomic mass is 32.2. The average Bonchev–Trinajstić information content (AvgIpc) is 3.26. The number of fused-ring (bicyclic) bond motifs is 2. The largest absolute Gasteiger partial charge is 0.343 e. The van der Waals surface area contributed by atoms with E-state index in [-0.39, 0.29) is 23.2 Å². The van der Waals surface area contributed by atoms with Crippen molar-refractivity contribution in [3.8, 4) is 0 Å². The Bertz CT molecular complexity index is 1140. The molecule has 0 radical (unpaired) electrons. The molecule has 3 heterocycles. The number of nitrogens with zero attached hydrogens (tertiary/aromatic N) is 1. The Hall–Kier alpha value is -2.64. The first-order valence-electron chi connectivity index (χ1n) is 9.55. The van der Waals surface area contributed by atoms with Gasteiger partial charge in [0.25, 0.3) is 5.56 Å². The number of benzene rings is 1. The van der Waals surface area contributed by atoms with Crippen molar-refractivity contribution < 1.29 is 4.79 Å². The van der Waals surface area contributed by atoms with Crippen LogP contribution in [0.2, 0.25) is 0 Å². The summed E-state index contributed by atoms with van der Waals surface area (Å²) in [6.07, 6.45) is 3.32. The first kappa shape index (κ1) is 18.4. The van der Waals surface area contributed by atoms with E-state index in [1.807, 2.05) is 35.7 Å². The van der Waals surface area contributed by atoms with Gasteiger partial charge in [0.1, 0.15) is 11.6 Å². The van der Waals surface area contributed by atoms with Gasteiger partial charge in [-0.1, -0.05) is 54.2 Å². The molecule has 146 valence electrons. The Morgan fingerprint density at radius 2 is 1.97 bits per heavy atom. The van der Waals surface area contributed by atoms with Crippen LogP contribution in [0.1, 0.15) is 34.8 Å². The quantitative estimate of drug-likeness (QED) is 0.478. The summed E-state index contributed by atoms with van der Waals surface area (Å²) in [5.41, 5.74) is 2.44. The molecule has 2 N–H and O–H groups in total. The fourth-order valence-corrected chi connectivity index (χ4v) is 5.73. The number of aromatic nitrogens is 2. The van der Waals surface area contributed by atoms with E-state index >= 15 is 0 Å². The van der Waals surface area contributed by atoms with Crippen molar-refractivity contribution >= 4 is 34.7 Å². The van der Waals surface area contributed by atoms with Crippen LogP contribution in [0.25, 0.3) is 0 Å². The number of hydrogen-bond donors (Lipinski definition) is 2. The van der Waals surface area contributed by atoms with E-state index in [2.05, 4.69) is 28.5 Å². The molecule has 5 rings (SSSR count). The number of carbonyl (C=O) groups excluding carboxylic acids is 1. The number of carbonyl (C=O) groups is 1. The number of thioether (sulfide) groups is 1. The molecular weight excluding hydrogens is 402 g/mol. The molecule has 29 heavy (non-hydrogen) atoms. The number of ketones is 1. The second-order valence-electron chi connectivity index (χ2n) is 7.17. The summed E-state index contributed by atoms with van der Waals surface area (Å²) in [7, 11) is 0. The lowest BCUT2D eigenvalue weighted by molar-refractivity contribution is -0.122. The molecule has 0 saturated heterocycles. The Balaban J connectivity index is 1.55. The van der Waals surface area contributed by atoms with Crippen LogP contribution in [-0.2, 0) is 10.5 Å². The maximum absolute atomic E-state index is 13.1. The Labute approximate surface area is 176 Å². The number of anilines is 1. The Morgan fingerprint density at radius 3 is 2.76 bits per heavy atom. The Kier molecular flexibility index (Phi) is 4.85. The highest BCUT2D eigenvalue weighted by Crippen LogP contribution is 2.46. The summed E-state index contributed by atoms with van der Waals surface area (Å²) < 4.78 is 0. The molecule has 0 amide bonds. The third-order valence-electron chi connectivity index (χ3n) is 5.35. The van der Waals surface area contributed by atoms with Gasteiger partial charge in [-0.15, -0.1) is 11.3 Å². The molecule has 0 fully saturated rings. The van der Waals surface area contributed by atoms with E-state index in [0.29, 0.717) is 23.0 Å². The SMILES string of the molecule is O=C1CCC=C2Nc3nc(SCc4ccccc4)[nH]c(=O)c3[C@H](c3cccs3)[C@@H]12. The maximum Gasteiger partial charge on any atom is 0.257 e. The van der Waals surface area contributed by atoms with Crippen molar-refractivity contribution in [1.82, 2.24) is 9.97 Å². The zero-order valence-corrected chi connectivity index (χ0v) is 17.2. The summed E-state index contributed by atoms with van der Waals surface area (Å²) >= 11 is 3.08. The van der Waals surface area contributed by atoms with Crippen molar-refractivity contribution in [3.63, 3.8) is 0 Å². The summed E-state index contributed by atoms with van der Waals surface area (Å²) in [6, 6.07) is 14.1. The maximum atomic E-state index is 13.1. The van der Waals surface area contributed by atoms with E-state index < -0.39 is 0 Å². The number of rotatable bonds is 4. The molecule has 1 aliphatic heterocycles. The number of aromatic amines is 1. The molecule has 2 aromatic heterocycles. The van der Waals surface area contributed by atoms with E-state index in [4.69, 9.17) is 4.98 Å². The van der Waals surface area contributed by atoms with Crippen LogP contribution in [-0.4, -0.2) is 15.8 Å². The molecule has 7 heteroatoms. The van der Waals surface area contributed by atoms with Crippen molar-refractivity contribution in [2.24, 2.45) is 5.92 Å². The smallest absolute Gasteiger partial charge is 0.257 e. The summed E-state index contributed by atoms with van der Waals surface area (Å²) in [6.45, 7) is 0. The number of allylic oxidation sites excluding steroid dienone is 2. The van der Waals surface area contributed by atoms with Crippen molar-refractivity contribution in [1.29, 1.82) is 0 Å². The lowest BCUT2D eigenvalue weighted by atomic mass is 9.74. The van der Waals surface area contributed by atoms with Gasteiger partial charge in [0.15, 0.2) is 5.16 Å². The molecule has 2 atom stereocenters. The molecule has 1 aromatic carbocycles. The van der Waals surface area contributed by atoms with Crippen LogP contribution in [0.5, 0.6) is 0 Å². The standard InChI is InChI=1S/C22H19N3O2S2/c26-15-9-4-8-14-17(15)18(16-10-5-11-28-16)19-20(23-14)24-22(25-21(19)27)29-12-13-6-2-1-3-7-13/h1-3,5-8,10-11,17-18H,4,9,12H2,(H2,23,24,25,27)/t17-,18-/m1/s1. The minimum Gasteiger partial charge on any atom is -0.343 e. The van der Waals surface area contributed by atoms with Gasteiger partial charge in [0.2, 0.25) is 0 Å². The molecule has 0 saturated carbocycles. The topological polar surface area (TPSA) is 74.8 Å². The minimum absolute atomic E-state index is 0.172. The number of Topliss-reactive ketones (excluding diaryl/α,β-unsaturated/α-hetero) is 1. The van der Waals surface area contributed by atoms with Gasteiger partial charge in [0, 0.05) is 28.7 Å². The third-order valence-corrected chi connectivity index (χ3v) is 7.25. The van der Waals surface area contributed by atoms with E-state index in [1.54, 1.807) is 11.3 Å². The lowest BCUT2D eigenvalue weighted by Crippen LogP contribution is -2.38. The van der Waals surface area contributed by atoms with Gasteiger partial charge in [0.05, 0.1) is 11.5 Å². The van der Waals surface area contributed by atoms with Crippen LogP contribution in [0.15, 0.2) is 69.6 Å². The van der Waals surface area contributed by atoms with E-state index in [9.17, 15) is 9.59 Å². The van der Waals surface area contributed by atoms with Gasteiger partial charge in [-0.25, -0.2) is 4.98 Å². The molecule has 0 spiro atoms. The second kappa shape index (κ2) is 7.65. The van der Waals surface area contributed by atoms with Crippen molar-refractivity contribution in [2.75, 3.05) is 5.32 Å². The number of nitrogens with one attached hydrogen (secondary N) is 2. The molecule has 1 aliphatic carbocycles. The van der Waals surface area contributed by atoms with Crippen LogP contribution in [0.4, 0.5) is 5.82 Å². The van der Waals surface area contributed by atoms with E-state index in [0.717, 1.165) is 22.7 Å². The van der Waals surface area contributed by atoms with Crippen LogP contribution < -0.4 is 10.9 Å². The molecular formula is C22H19N3O2S2. The summed E-state index contributed by atoms with van der Waals surface area (Å²) in [5, 5.41) is 5.87. The molecule has 0 bridgehead atoms. The lowest BCUT2D eigenvalue weighted by Gasteiger charge is -2.35. The van der Waals surface area contributed by atoms with Gasteiger partial charge in [-0.05, 0) is 23.4 Å². The van der Waals surface area contributed by atoms with Crippen LogP contribution >= 0.6 is 23.1 Å². The predicted molar refractivity (Wildman–Crippen MR) is 116 cm³/mol. The average molecular weight is 422 g/mol. The Morgan fingerprint density at radius 1 is 1.10 bits per heavy atom. The van der Waals surface area contributed by atoms with Crippen LogP contribution in [0, 0.1) is 5.92 Å². The van der Waals surface area contributed by atoms with Crippen LogP contribution in [0.3, 0.4) is 0 Å². The highest BCUT2D eigenvalue weighted by Gasteiger charge is 2.42. The van der Waals surface area contributed by atoms with Gasteiger partial charge in [-0.3, -0.25) is 9.59 Å². The summed E-state index contributed by atoms with van der Waals surface area (Å²) in [4.78, 5) is 34.6. The van der Waals surface area contributed by atoms with Gasteiger partial charge >= 0.3 is 0 Å². The third kappa shape index (κ3) is 3.45. The van der Waals surface area contributed by atoms with Crippen molar-refractivity contribution in [3.05, 3.63) is 86.0 Å². The molecule has 2 aliphatic rings. The normalized spacial score (nSPS) is 20.4. The fraction of sp³-hybridized carbons (Fsp3) is 0.227. The predicted octanol–water partition coefficient (Wildman–Crippen LogP) is 4.54. The number of hydrogen-bond acceptors (Lipinski definition) is 6. The number of H-pyrrole nitrogens is 1. The molecule has 3 aromatic rings. The fourth-order valence-electron chi connectivity index (χ4n) is 4.04. The monoisotopic (exact) mass is 421 g/mol. The first-order valence-corrected chi connectivity index (χ1v) is 11.4. The van der Waals surface area contributed by atoms with Crippen molar-refractivity contribution in [2.45, 2.75) is 29.7 Å². The zero-order chi connectivity index (χ0) is 19.8. The minimum atomic E-state index is -0.333. The summed E-state index contributed by atoms with van der Waals surface area (Å²) in [5.74, 6) is 0.858.